The van der Waals surface area contributed by atoms with E-state index >= 15 is 0 Å². The minimum Gasteiger partial charge on any atom is -0.394 e. The largest absolute Gasteiger partial charge is 0.394 e. The predicted molar refractivity (Wildman–Crippen MR) is 44.6 cm³/mol. The van der Waals surface area contributed by atoms with Crippen LogP contribution in [0.5, 0.6) is 0 Å². The third-order valence-electron chi connectivity index (χ3n) is 2.95. The highest BCUT2D eigenvalue weighted by Gasteiger charge is 2.59. The minimum absolute atomic E-state index is 0.0481. The first-order chi connectivity index (χ1) is 6.20. The highest BCUT2D eigenvalue weighted by Crippen LogP contribution is 2.47. The molecule has 2 aliphatic rings. The molecule has 0 spiro atoms. The summed E-state index contributed by atoms with van der Waals surface area (Å²) in [4.78, 5) is 24.3. The second-order valence-electron chi connectivity index (χ2n) is 3.74. The van der Waals surface area contributed by atoms with Gasteiger partial charge in [-0.25, -0.2) is 0 Å². The lowest BCUT2D eigenvalue weighted by Gasteiger charge is -2.24. The summed E-state index contributed by atoms with van der Waals surface area (Å²) in [5, 5.41) is 8.98. The zero-order valence-electron chi connectivity index (χ0n) is 7.56. The summed E-state index contributed by atoms with van der Waals surface area (Å²) in [6.07, 6.45) is 1.36. The molecule has 4 nitrogen and oxygen atoms in total. The number of fused-ring (bicyclic) bond motifs is 1. The van der Waals surface area contributed by atoms with E-state index in [0.717, 1.165) is 6.42 Å². The van der Waals surface area contributed by atoms with Crippen molar-refractivity contribution in [3.05, 3.63) is 0 Å². The fraction of sp³-hybridized carbons (Fsp3) is 0.778. The summed E-state index contributed by atoms with van der Waals surface area (Å²) in [6, 6.07) is -0.298. The molecule has 4 heteroatoms. The first-order valence-electron chi connectivity index (χ1n) is 4.68. The Morgan fingerprint density at radius 3 is 2.38 bits per heavy atom. The van der Waals surface area contributed by atoms with Crippen LogP contribution in [0.4, 0.5) is 0 Å². The number of amides is 2. The number of piperidine rings is 1. The molecule has 2 amide bonds. The Morgan fingerprint density at radius 2 is 2.00 bits per heavy atom. The molecule has 72 valence electrons. The second-order valence-corrected chi connectivity index (χ2v) is 3.74. The number of hydrogen-bond acceptors (Lipinski definition) is 3. The number of aliphatic hydroxyl groups excluding tert-OH is 1. The lowest BCUT2D eigenvalue weighted by Crippen LogP contribution is -2.43. The van der Waals surface area contributed by atoms with Gasteiger partial charge in [0.15, 0.2) is 0 Å². The molecule has 1 saturated heterocycles. The third-order valence-corrected chi connectivity index (χ3v) is 2.95. The van der Waals surface area contributed by atoms with E-state index < -0.39 is 0 Å². The Bertz CT molecular complexity index is 240. The van der Waals surface area contributed by atoms with Crippen molar-refractivity contribution in [1.29, 1.82) is 0 Å². The van der Waals surface area contributed by atoms with E-state index in [0.29, 0.717) is 6.42 Å². The van der Waals surface area contributed by atoms with E-state index in [9.17, 15) is 9.59 Å². The topological polar surface area (TPSA) is 57.6 Å². The monoisotopic (exact) mass is 183 g/mol. The molecule has 2 rings (SSSR count). The molecule has 13 heavy (non-hydrogen) atoms. The molecule has 1 heterocycles. The summed E-state index contributed by atoms with van der Waals surface area (Å²) >= 11 is 0. The second kappa shape index (κ2) is 2.80. The van der Waals surface area contributed by atoms with Crippen molar-refractivity contribution >= 4 is 11.8 Å². The molecule has 0 bridgehead atoms. The summed E-state index contributed by atoms with van der Waals surface area (Å²) in [6.45, 7) is 1.75. The van der Waals surface area contributed by atoms with Gasteiger partial charge in [-0.2, -0.15) is 0 Å². The highest BCUT2D eigenvalue weighted by molar-refractivity contribution is 6.09. The molecule has 0 aromatic rings. The first kappa shape index (κ1) is 8.69. The number of carbonyl (C=O) groups is 2. The van der Waals surface area contributed by atoms with Crippen molar-refractivity contribution in [2.45, 2.75) is 25.8 Å². The normalized spacial score (nSPS) is 33.5. The van der Waals surface area contributed by atoms with Gasteiger partial charge >= 0.3 is 0 Å². The lowest BCUT2D eigenvalue weighted by molar-refractivity contribution is -0.145. The van der Waals surface area contributed by atoms with Crippen molar-refractivity contribution in [3.63, 3.8) is 0 Å². The molecule has 2 unspecified atom stereocenters. The Labute approximate surface area is 76.5 Å². The van der Waals surface area contributed by atoms with Crippen LogP contribution >= 0.6 is 0 Å². The standard InChI is InChI=1S/C9H13NO3/c1-2-5(4-11)10-8(12)6-3-7(6)9(10)13/h5-7,11H,2-4H2,1H3/t5-,6?,7?/m1/s1. The van der Waals surface area contributed by atoms with Crippen molar-refractivity contribution in [3.8, 4) is 0 Å². The summed E-state index contributed by atoms with van der Waals surface area (Å²) in [7, 11) is 0. The molecular formula is C9H13NO3. The van der Waals surface area contributed by atoms with Crippen LogP contribution in [0.1, 0.15) is 19.8 Å². The smallest absolute Gasteiger partial charge is 0.233 e. The number of nitrogens with zero attached hydrogens (tertiary/aromatic N) is 1. The van der Waals surface area contributed by atoms with Crippen LogP contribution in [-0.4, -0.2) is 34.5 Å². The quantitative estimate of drug-likeness (QED) is 0.614. The van der Waals surface area contributed by atoms with E-state index in [4.69, 9.17) is 5.11 Å². The van der Waals surface area contributed by atoms with Crippen LogP contribution in [0.15, 0.2) is 0 Å². The maximum absolute atomic E-state index is 11.5. The molecule has 1 N–H and O–H groups in total. The molecule has 0 radical (unpaired) electrons. The molecular weight excluding hydrogens is 170 g/mol. The number of likely N-dealkylation sites (tertiary alicyclic amines) is 1. The van der Waals surface area contributed by atoms with Crippen molar-refractivity contribution in [1.82, 2.24) is 4.90 Å². The number of rotatable bonds is 3. The van der Waals surface area contributed by atoms with Crippen LogP contribution in [-0.2, 0) is 9.59 Å². The Hall–Kier alpha value is -0.900. The Balaban J connectivity index is 2.15. The van der Waals surface area contributed by atoms with Crippen LogP contribution in [0.2, 0.25) is 0 Å². The van der Waals surface area contributed by atoms with Crippen molar-refractivity contribution < 1.29 is 14.7 Å². The van der Waals surface area contributed by atoms with Gasteiger partial charge < -0.3 is 5.11 Å². The van der Waals surface area contributed by atoms with Gasteiger partial charge in [0.2, 0.25) is 11.8 Å². The maximum atomic E-state index is 11.5. The fourth-order valence-corrected chi connectivity index (χ4v) is 1.96. The average molecular weight is 183 g/mol. The van der Waals surface area contributed by atoms with E-state index in [1.807, 2.05) is 6.92 Å². The summed E-state index contributed by atoms with van der Waals surface area (Å²) in [5.41, 5.74) is 0. The third kappa shape index (κ3) is 1.09. The molecule has 3 atom stereocenters. The van der Waals surface area contributed by atoms with Crippen LogP contribution in [0, 0.1) is 11.8 Å². The SMILES string of the molecule is CC[C@H](CO)N1C(=O)C2CC2C1=O. The Morgan fingerprint density at radius 1 is 1.46 bits per heavy atom. The lowest BCUT2D eigenvalue weighted by atomic mass is 10.2. The summed E-state index contributed by atoms with van der Waals surface area (Å²) in [5.74, 6) is -0.243. The maximum Gasteiger partial charge on any atom is 0.233 e. The van der Waals surface area contributed by atoms with E-state index in [2.05, 4.69) is 0 Å². The molecule has 1 saturated carbocycles. The van der Waals surface area contributed by atoms with Gasteiger partial charge in [0.05, 0.1) is 24.5 Å². The number of hydrogen-bond donors (Lipinski definition) is 1. The number of imide groups is 1. The molecule has 1 aliphatic carbocycles. The van der Waals surface area contributed by atoms with Gasteiger partial charge in [0, 0.05) is 0 Å². The first-order valence-corrected chi connectivity index (χ1v) is 4.68. The van der Waals surface area contributed by atoms with E-state index in [-0.39, 0.29) is 36.3 Å². The van der Waals surface area contributed by atoms with Gasteiger partial charge in [-0.05, 0) is 12.8 Å². The van der Waals surface area contributed by atoms with Gasteiger partial charge in [0.1, 0.15) is 0 Å². The van der Waals surface area contributed by atoms with Crippen LogP contribution in [0.25, 0.3) is 0 Å². The minimum atomic E-state index is -0.298. The summed E-state index contributed by atoms with van der Waals surface area (Å²) < 4.78 is 0. The van der Waals surface area contributed by atoms with Gasteiger partial charge in [0.25, 0.3) is 0 Å². The van der Waals surface area contributed by atoms with Gasteiger partial charge in [-0.1, -0.05) is 6.92 Å². The molecule has 0 aromatic heterocycles. The highest BCUT2D eigenvalue weighted by atomic mass is 16.3. The van der Waals surface area contributed by atoms with Crippen LogP contribution in [0.3, 0.4) is 0 Å². The van der Waals surface area contributed by atoms with Gasteiger partial charge in [-0.3, -0.25) is 14.5 Å². The van der Waals surface area contributed by atoms with Crippen molar-refractivity contribution in [2.75, 3.05) is 6.61 Å². The van der Waals surface area contributed by atoms with E-state index in [1.54, 1.807) is 0 Å². The zero-order chi connectivity index (χ0) is 9.59. The zero-order valence-corrected chi connectivity index (χ0v) is 7.56. The molecule has 2 fully saturated rings. The Kier molecular flexibility index (Phi) is 1.87. The average Bonchev–Trinajstić information content (AvgIpc) is 2.86. The van der Waals surface area contributed by atoms with E-state index in [1.165, 1.54) is 4.90 Å². The van der Waals surface area contributed by atoms with Gasteiger partial charge in [-0.15, -0.1) is 0 Å². The number of aliphatic hydroxyl groups is 1. The number of carbonyl (C=O) groups excluding carboxylic acids is 2. The molecule has 0 aromatic carbocycles. The predicted octanol–water partition coefficient (Wildman–Crippen LogP) is -0.238. The van der Waals surface area contributed by atoms with Crippen molar-refractivity contribution in [2.24, 2.45) is 11.8 Å². The van der Waals surface area contributed by atoms with Crippen LogP contribution < -0.4 is 0 Å². The fourth-order valence-electron chi connectivity index (χ4n) is 1.96. The molecule has 1 aliphatic heterocycles.